The summed E-state index contributed by atoms with van der Waals surface area (Å²) in [4.78, 5) is 47.6. The Morgan fingerprint density at radius 3 is 2.33 bits per heavy atom. The lowest BCUT2D eigenvalue weighted by Crippen LogP contribution is -2.36. The van der Waals surface area contributed by atoms with Crippen molar-refractivity contribution < 1.29 is 23.9 Å². The number of hydrogen-bond acceptors (Lipinski definition) is 5. The first-order valence-corrected chi connectivity index (χ1v) is 7.91. The molecule has 0 aromatic heterocycles. The van der Waals surface area contributed by atoms with Crippen molar-refractivity contribution in [2.75, 3.05) is 18.5 Å². The van der Waals surface area contributed by atoms with Gasteiger partial charge >= 0.3 is 5.97 Å². The van der Waals surface area contributed by atoms with Gasteiger partial charge in [0.1, 0.15) is 6.54 Å². The highest BCUT2D eigenvalue weighted by Gasteiger charge is 2.30. The summed E-state index contributed by atoms with van der Waals surface area (Å²) in [6.45, 7) is 2.10. The molecular formula is C17H20N2O5. The van der Waals surface area contributed by atoms with E-state index in [4.69, 9.17) is 4.74 Å². The van der Waals surface area contributed by atoms with Crippen molar-refractivity contribution in [1.29, 1.82) is 0 Å². The molecule has 0 spiro atoms. The molecule has 1 N–H and O–H groups in total. The van der Waals surface area contributed by atoms with Crippen LogP contribution in [0.15, 0.2) is 24.3 Å². The molecule has 0 radical (unpaired) electrons. The first kappa shape index (κ1) is 17.7. The number of unbranched alkanes of at least 4 members (excludes halogenated alkanes) is 1. The van der Waals surface area contributed by atoms with E-state index in [2.05, 4.69) is 5.32 Å². The van der Waals surface area contributed by atoms with Crippen molar-refractivity contribution in [3.8, 4) is 0 Å². The highest BCUT2D eigenvalue weighted by Crippen LogP contribution is 2.13. The molecular weight excluding hydrogens is 312 g/mol. The van der Waals surface area contributed by atoms with Crippen LogP contribution in [0, 0.1) is 0 Å². The van der Waals surface area contributed by atoms with Crippen molar-refractivity contribution >= 4 is 29.4 Å². The predicted octanol–water partition coefficient (Wildman–Crippen LogP) is 1.73. The van der Waals surface area contributed by atoms with E-state index in [9.17, 15) is 19.2 Å². The second-order valence-electron chi connectivity index (χ2n) is 5.49. The Morgan fingerprint density at radius 1 is 1.12 bits per heavy atom. The van der Waals surface area contributed by atoms with Crippen molar-refractivity contribution in [3.63, 3.8) is 0 Å². The molecule has 3 amide bonds. The second kappa shape index (κ2) is 8.24. The number of carbonyl (C=O) groups excluding carboxylic acids is 4. The molecule has 24 heavy (non-hydrogen) atoms. The minimum Gasteiger partial charge on any atom is -0.462 e. The fourth-order valence-corrected chi connectivity index (χ4v) is 2.23. The molecule has 128 valence electrons. The summed E-state index contributed by atoms with van der Waals surface area (Å²) >= 11 is 0. The minimum atomic E-state index is -0.461. The molecule has 0 atom stereocenters. The van der Waals surface area contributed by atoms with E-state index < -0.39 is 11.9 Å². The third-order valence-corrected chi connectivity index (χ3v) is 3.59. The normalized spacial score (nSPS) is 14.0. The van der Waals surface area contributed by atoms with Gasteiger partial charge in [0.2, 0.25) is 17.7 Å². The quantitative estimate of drug-likeness (QED) is 0.466. The van der Waals surface area contributed by atoms with E-state index in [0.717, 1.165) is 17.7 Å². The Bertz CT molecular complexity index is 623. The van der Waals surface area contributed by atoms with E-state index in [1.165, 1.54) is 0 Å². The van der Waals surface area contributed by atoms with Gasteiger partial charge in [-0.3, -0.25) is 19.3 Å². The van der Waals surface area contributed by atoms with Crippen LogP contribution in [0.1, 0.15) is 43.0 Å². The highest BCUT2D eigenvalue weighted by molar-refractivity contribution is 6.06. The fraction of sp³-hybridized carbons (Fsp3) is 0.412. The maximum absolute atomic E-state index is 11.9. The molecule has 1 heterocycles. The summed E-state index contributed by atoms with van der Waals surface area (Å²) in [6, 6.07) is 6.25. The van der Waals surface area contributed by atoms with Gasteiger partial charge in [0, 0.05) is 18.5 Å². The Kier molecular flexibility index (Phi) is 6.06. The number of likely N-dealkylation sites (tertiary alicyclic amines) is 1. The maximum atomic E-state index is 11.9. The van der Waals surface area contributed by atoms with E-state index in [-0.39, 0.29) is 31.2 Å². The lowest BCUT2D eigenvalue weighted by molar-refractivity contribution is -0.141. The number of rotatable bonds is 7. The molecule has 2 rings (SSSR count). The Labute approximate surface area is 140 Å². The van der Waals surface area contributed by atoms with E-state index in [1.807, 2.05) is 6.92 Å². The average molecular weight is 332 g/mol. The van der Waals surface area contributed by atoms with Crippen LogP contribution in [0.2, 0.25) is 0 Å². The lowest BCUT2D eigenvalue weighted by Gasteiger charge is -2.13. The highest BCUT2D eigenvalue weighted by atomic mass is 16.5. The molecule has 1 aromatic rings. The van der Waals surface area contributed by atoms with Crippen molar-refractivity contribution in [2.45, 2.75) is 32.6 Å². The smallest absolute Gasteiger partial charge is 0.338 e. The van der Waals surface area contributed by atoms with Crippen LogP contribution >= 0.6 is 0 Å². The van der Waals surface area contributed by atoms with E-state index in [1.54, 1.807) is 24.3 Å². The first-order valence-electron chi connectivity index (χ1n) is 7.91. The van der Waals surface area contributed by atoms with Crippen LogP contribution in [-0.4, -0.2) is 41.7 Å². The van der Waals surface area contributed by atoms with E-state index >= 15 is 0 Å². The third kappa shape index (κ3) is 4.65. The number of benzene rings is 1. The van der Waals surface area contributed by atoms with Crippen LogP contribution in [0.4, 0.5) is 5.69 Å². The van der Waals surface area contributed by atoms with Crippen molar-refractivity contribution in [1.82, 2.24) is 4.90 Å². The SMILES string of the molecule is CCCCOC(=O)c1ccc(NC(=O)CN2C(=O)CCC2=O)cc1. The number of ether oxygens (including phenoxy) is 1. The zero-order chi connectivity index (χ0) is 17.5. The number of amides is 3. The Morgan fingerprint density at radius 2 is 1.75 bits per heavy atom. The second-order valence-corrected chi connectivity index (χ2v) is 5.49. The molecule has 0 aliphatic carbocycles. The number of nitrogens with zero attached hydrogens (tertiary/aromatic N) is 1. The number of esters is 1. The molecule has 1 aromatic carbocycles. The third-order valence-electron chi connectivity index (χ3n) is 3.59. The predicted molar refractivity (Wildman–Crippen MR) is 86.2 cm³/mol. The van der Waals surface area contributed by atoms with Gasteiger partial charge in [-0.2, -0.15) is 0 Å². The molecule has 1 aliphatic rings. The number of hydrogen-bond donors (Lipinski definition) is 1. The summed E-state index contributed by atoms with van der Waals surface area (Å²) in [7, 11) is 0. The summed E-state index contributed by atoms with van der Waals surface area (Å²) in [5, 5.41) is 2.59. The number of carbonyl (C=O) groups is 4. The standard InChI is InChI=1S/C17H20N2O5/c1-2-3-10-24-17(23)12-4-6-13(7-5-12)18-14(20)11-19-15(21)8-9-16(19)22/h4-7H,2-3,8-11H2,1H3,(H,18,20). The molecule has 1 saturated heterocycles. The molecule has 7 heteroatoms. The van der Waals surface area contributed by atoms with Gasteiger partial charge in [0.15, 0.2) is 0 Å². The maximum Gasteiger partial charge on any atom is 0.338 e. The summed E-state index contributed by atoms with van der Waals surface area (Å²) < 4.78 is 5.09. The molecule has 0 saturated carbocycles. The topological polar surface area (TPSA) is 92.8 Å². The zero-order valence-corrected chi connectivity index (χ0v) is 13.5. The fourth-order valence-electron chi connectivity index (χ4n) is 2.23. The van der Waals surface area contributed by atoms with Gasteiger partial charge in [-0.25, -0.2) is 4.79 Å². The summed E-state index contributed by atoms with van der Waals surface area (Å²) in [6.07, 6.45) is 2.07. The summed E-state index contributed by atoms with van der Waals surface area (Å²) in [5.41, 5.74) is 0.873. The monoisotopic (exact) mass is 332 g/mol. The van der Waals surface area contributed by atoms with Gasteiger partial charge in [-0.05, 0) is 30.7 Å². The van der Waals surface area contributed by atoms with Gasteiger partial charge in [0.05, 0.1) is 12.2 Å². The van der Waals surface area contributed by atoms with Crippen LogP contribution in [0.3, 0.4) is 0 Å². The van der Waals surface area contributed by atoms with Gasteiger partial charge in [-0.15, -0.1) is 0 Å². The lowest BCUT2D eigenvalue weighted by atomic mass is 10.2. The molecule has 0 unspecified atom stereocenters. The van der Waals surface area contributed by atoms with Crippen LogP contribution in [0.25, 0.3) is 0 Å². The van der Waals surface area contributed by atoms with Gasteiger partial charge in [0.25, 0.3) is 0 Å². The van der Waals surface area contributed by atoms with Crippen molar-refractivity contribution in [3.05, 3.63) is 29.8 Å². The van der Waals surface area contributed by atoms with E-state index in [0.29, 0.717) is 17.9 Å². The minimum absolute atomic E-state index is 0.154. The zero-order valence-electron chi connectivity index (χ0n) is 13.5. The number of anilines is 1. The molecule has 7 nitrogen and oxygen atoms in total. The van der Waals surface area contributed by atoms with Crippen LogP contribution in [-0.2, 0) is 19.1 Å². The first-order chi connectivity index (χ1) is 11.5. The Balaban J connectivity index is 1.87. The van der Waals surface area contributed by atoms with Gasteiger partial charge in [-0.1, -0.05) is 13.3 Å². The molecule has 1 aliphatic heterocycles. The van der Waals surface area contributed by atoms with Crippen LogP contribution < -0.4 is 5.32 Å². The van der Waals surface area contributed by atoms with Crippen LogP contribution in [0.5, 0.6) is 0 Å². The largest absolute Gasteiger partial charge is 0.462 e. The summed E-state index contributed by atoms with van der Waals surface area (Å²) in [5.74, 6) is -1.54. The van der Waals surface area contributed by atoms with Crippen molar-refractivity contribution in [2.24, 2.45) is 0 Å². The van der Waals surface area contributed by atoms with Gasteiger partial charge < -0.3 is 10.1 Å². The number of nitrogens with one attached hydrogen (secondary N) is 1. The molecule has 1 fully saturated rings. The Hall–Kier alpha value is -2.70. The average Bonchev–Trinajstić information content (AvgIpc) is 2.87. The number of imide groups is 1. The molecule has 0 bridgehead atoms.